The van der Waals surface area contributed by atoms with E-state index in [0.29, 0.717) is 12.2 Å². The predicted molar refractivity (Wildman–Crippen MR) is 49.4 cm³/mol. The molecule has 11 heavy (non-hydrogen) atoms. The van der Waals surface area contributed by atoms with Crippen molar-refractivity contribution in [2.75, 3.05) is 18.3 Å². The van der Waals surface area contributed by atoms with Gasteiger partial charge in [0.25, 0.3) is 0 Å². The molecule has 0 amide bonds. The Labute approximate surface area is 70.2 Å². The fourth-order valence-electron chi connectivity index (χ4n) is 0.554. The van der Waals surface area contributed by atoms with E-state index >= 15 is 0 Å². The third-order valence-electron chi connectivity index (χ3n) is 1.52. The molecule has 0 radical (unpaired) electrons. The number of nitriles is 1. The molecule has 0 saturated heterocycles. The van der Waals surface area contributed by atoms with Crippen LogP contribution in [-0.4, -0.2) is 18.3 Å². The van der Waals surface area contributed by atoms with E-state index in [1.807, 2.05) is 13.8 Å². The topological polar surface area (TPSA) is 23.8 Å². The van der Waals surface area contributed by atoms with E-state index in [1.54, 1.807) is 12.5 Å². The van der Waals surface area contributed by atoms with Crippen LogP contribution in [0.3, 0.4) is 0 Å². The maximum atomic E-state index is 13.0. The van der Waals surface area contributed by atoms with Crippen molar-refractivity contribution in [1.82, 2.24) is 0 Å². The van der Waals surface area contributed by atoms with Crippen LogP contribution in [0.2, 0.25) is 0 Å². The number of hydrogen-bond acceptors (Lipinski definition) is 1. The number of rotatable bonds is 3. The SMILES string of the molecule is CC(C)(C#N)CCS(C)(C)F. The van der Waals surface area contributed by atoms with E-state index in [4.69, 9.17) is 5.26 Å². The Morgan fingerprint density at radius 3 is 2.18 bits per heavy atom. The molecule has 0 bridgehead atoms. The molecule has 0 aromatic carbocycles. The summed E-state index contributed by atoms with van der Waals surface area (Å²) in [5.41, 5.74) is -0.365. The number of nitrogens with zero attached hydrogens (tertiary/aromatic N) is 1. The molecule has 66 valence electrons. The quantitative estimate of drug-likeness (QED) is 0.650. The zero-order chi connectivity index (χ0) is 9.12. The van der Waals surface area contributed by atoms with Gasteiger partial charge in [-0.25, -0.2) is 0 Å². The largest absolute Gasteiger partial charge is 0.198 e. The average molecular weight is 177 g/mol. The van der Waals surface area contributed by atoms with Crippen LogP contribution >= 0.6 is 10.4 Å². The summed E-state index contributed by atoms with van der Waals surface area (Å²) in [6.07, 6.45) is 3.91. The molecule has 0 rings (SSSR count). The maximum absolute atomic E-state index is 13.0. The van der Waals surface area contributed by atoms with Crippen molar-refractivity contribution in [1.29, 1.82) is 5.26 Å². The third kappa shape index (κ3) is 6.18. The molecule has 0 spiro atoms. The van der Waals surface area contributed by atoms with Gasteiger partial charge >= 0.3 is 0 Å². The van der Waals surface area contributed by atoms with Crippen molar-refractivity contribution < 1.29 is 3.89 Å². The smallest absolute Gasteiger partial charge is 0.0684 e. The van der Waals surface area contributed by atoms with Gasteiger partial charge in [-0.05, 0) is 32.8 Å². The fourth-order valence-corrected chi connectivity index (χ4v) is 1.55. The molecule has 0 aliphatic rings. The Balaban J connectivity index is 3.83. The van der Waals surface area contributed by atoms with Gasteiger partial charge in [-0.2, -0.15) is 9.15 Å². The van der Waals surface area contributed by atoms with E-state index in [9.17, 15) is 3.89 Å². The molecule has 0 aliphatic heterocycles. The molecule has 0 atom stereocenters. The van der Waals surface area contributed by atoms with E-state index < -0.39 is 10.4 Å². The second-order valence-electron chi connectivity index (χ2n) is 3.85. The Morgan fingerprint density at radius 2 is 1.91 bits per heavy atom. The summed E-state index contributed by atoms with van der Waals surface area (Å²) >= 11 is 0. The summed E-state index contributed by atoms with van der Waals surface area (Å²) < 4.78 is 13.0. The van der Waals surface area contributed by atoms with Gasteiger partial charge in [0.05, 0.1) is 11.5 Å². The lowest BCUT2D eigenvalue weighted by Gasteiger charge is -2.23. The molecule has 0 aromatic heterocycles. The molecule has 0 unspecified atom stereocenters. The molecule has 0 aromatic rings. The van der Waals surface area contributed by atoms with Crippen LogP contribution in [-0.2, 0) is 0 Å². The van der Waals surface area contributed by atoms with Gasteiger partial charge in [-0.15, -0.1) is 0 Å². The monoisotopic (exact) mass is 177 g/mol. The zero-order valence-electron chi connectivity index (χ0n) is 7.65. The Morgan fingerprint density at radius 1 is 1.45 bits per heavy atom. The molecule has 0 saturated carbocycles. The van der Waals surface area contributed by atoms with E-state index in [0.717, 1.165) is 0 Å². The highest BCUT2D eigenvalue weighted by Crippen LogP contribution is 2.43. The first-order valence-corrected chi connectivity index (χ1v) is 6.11. The minimum absolute atomic E-state index is 0.365. The maximum Gasteiger partial charge on any atom is 0.0684 e. The highest BCUT2D eigenvalue weighted by Gasteiger charge is 2.20. The van der Waals surface area contributed by atoms with E-state index in [-0.39, 0.29) is 5.41 Å². The number of halogens is 1. The van der Waals surface area contributed by atoms with Gasteiger partial charge in [0.15, 0.2) is 0 Å². The van der Waals surface area contributed by atoms with Crippen molar-refractivity contribution in [2.24, 2.45) is 5.41 Å². The molecule has 0 fully saturated rings. The standard InChI is InChI=1S/C8H16FNS/c1-8(2,7-10)5-6-11(3,4)9/h5-6H2,1-4H3. The van der Waals surface area contributed by atoms with Crippen molar-refractivity contribution in [3.63, 3.8) is 0 Å². The first kappa shape index (κ1) is 10.8. The van der Waals surface area contributed by atoms with Crippen molar-refractivity contribution in [3.8, 4) is 6.07 Å². The molecule has 0 N–H and O–H groups in total. The fraction of sp³-hybridized carbons (Fsp3) is 0.875. The van der Waals surface area contributed by atoms with Crippen LogP contribution in [0.5, 0.6) is 0 Å². The van der Waals surface area contributed by atoms with Crippen LogP contribution in [0.4, 0.5) is 3.89 Å². The Hall–Kier alpha value is -0.230. The third-order valence-corrected chi connectivity index (χ3v) is 2.69. The van der Waals surface area contributed by atoms with Crippen LogP contribution in [0.15, 0.2) is 0 Å². The van der Waals surface area contributed by atoms with Gasteiger partial charge in [0, 0.05) is 5.75 Å². The van der Waals surface area contributed by atoms with Crippen molar-refractivity contribution in [2.45, 2.75) is 20.3 Å². The summed E-state index contributed by atoms with van der Waals surface area (Å²) in [7, 11) is -1.92. The van der Waals surface area contributed by atoms with Crippen molar-refractivity contribution in [3.05, 3.63) is 0 Å². The van der Waals surface area contributed by atoms with Gasteiger partial charge in [-0.1, -0.05) is 10.4 Å². The minimum Gasteiger partial charge on any atom is -0.198 e. The van der Waals surface area contributed by atoms with Crippen LogP contribution < -0.4 is 0 Å². The molecule has 0 heterocycles. The molecular formula is C8H16FNS. The summed E-state index contributed by atoms with van der Waals surface area (Å²) in [5, 5.41) is 8.63. The molecule has 3 heteroatoms. The van der Waals surface area contributed by atoms with Gasteiger partial charge in [0.1, 0.15) is 0 Å². The summed E-state index contributed by atoms with van der Waals surface area (Å²) in [6, 6.07) is 2.16. The Kier molecular flexibility index (Phi) is 3.37. The zero-order valence-corrected chi connectivity index (χ0v) is 8.46. The predicted octanol–water partition coefficient (Wildman–Crippen LogP) is 2.87. The van der Waals surface area contributed by atoms with Crippen molar-refractivity contribution >= 4 is 10.4 Å². The first-order valence-electron chi connectivity index (χ1n) is 3.59. The van der Waals surface area contributed by atoms with Crippen LogP contribution in [0, 0.1) is 16.7 Å². The second kappa shape index (κ2) is 3.44. The van der Waals surface area contributed by atoms with E-state index in [1.165, 1.54) is 0 Å². The average Bonchev–Trinajstić information content (AvgIpc) is 1.83. The lowest BCUT2D eigenvalue weighted by atomic mass is 9.93. The highest BCUT2D eigenvalue weighted by molar-refractivity contribution is 8.28. The summed E-state index contributed by atoms with van der Waals surface area (Å²) in [6.45, 7) is 3.69. The molecular weight excluding hydrogens is 161 g/mol. The molecule has 0 aliphatic carbocycles. The van der Waals surface area contributed by atoms with Crippen LogP contribution in [0.25, 0.3) is 0 Å². The van der Waals surface area contributed by atoms with Crippen LogP contribution in [0.1, 0.15) is 20.3 Å². The minimum atomic E-state index is -1.92. The summed E-state index contributed by atoms with van der Waals surface area (Å²) in [4.78, 5) is 0. The summed E-state index contributed by atoms with van der Waals surface area (Å²) in [5.74, 6) is 0.535. The Bertz CT molecular complexity index is 164. The lowest BCUT2D eigenvalue weighted by molar-refractivity contribution is 0.479. The second-order valence-corrected chi connectivity index (χ2v) is 7.07. The normalized spacial score (nSPS) is 14.2. The van der Waals surface area contributed by atoms with Gasteiger partial charge < -0.3 is 0 Å². The first-order chi connectivity index (χ1) is 4.77. The van der Waals surface area contributed by atoms with Gasteiger partial charge in [-0.3, -0.25) is 0 Å². The molecule has 1 nitrogen and oxygen atoms in total. The number of hydrogen-bond donors (Lipinski definition) is 0. The van der Waals surface area contributed by atoms with Gasteiger partial charge in [0.2, 0.25) is 0 Å². The lowest BCUT2D eigenvalue weighted by Crippen LogP contribution is -2.11. The van der Waals surface area contributed by atoms with E-state index in [2.05, 4.69) is 6.07 Å². The highest BCUT2D eigenvalue weighted by atomic mass is 32.3.